The number of anilines is 1. The van der Waals surface area contributed by atoms with Crippen LogP contribution in [0.25, 0.3) is 0 Å². The second-order valence-electron chi connectivity index (χ2n) is 6.36. The Morgan fingerprint density at radius 2 is 1.96 bits per heavy atom. The van der Waals surface area contributed by atoms with Crippen molar-refractivity contribution in [2.75, 3.05) is 18.5 Å². The summed E-state index contributed by atoms with van der Waals surface area (Å²) in [6.45, 7) is 3.37. The summed E-state index contributed by atoms with van der Waals surface area (Å²) in [5.74, 6) is 1.64. The standard InChI is InChI=1S/C20H24N6O/c1-16-21-11-13-26(16)15-19(27)24-14-17-6-5-10-23-20(17)25(2)12-8-18-7-3-4-9-22-18/h3-7,9-11,13H,8,12,14-15H2,1-2H3,(H,24,27). The number of carbonyl (C=O) groups is 1. The predicted molar refractivity (Wildman–Crippen MR) is 104 cm³/mol. The average Bonchev–Trinajstić information content (AvgIpc) is 3.10. The van der Waals surface area contributed by atoms with E-state index < -0.39 is 0 Å². The minimum atomic E-state index is -0.0537. The van der Waals surface area contributed by atoms with Gasteiger partial charge in [-0.3, -0.25) is 9.78 Å². The molecule has 7 nitrogen and oxygen atoms in total. The van der Waals surface area contributed by atoms with Gasteiger partial charge in [0.1, 0.15) is 18.2 Å². The molecule has 0 aromatic carbocycles. The van der Waals surface area contributed by atoms with Gasteiger partial charge < -0.3 is 14.8 Å². The van der Waals surface area contributed by atoms with Crippen molar-refractivity contribution in [2.45, 2.75) is 26.4 Å². The van der Waals surface area contributed by atoms with Gasteiger partial charge in [0.15, 0.2) is 0 Å². The lowest BCUT2D eigenvalue weighted by Crippen LogP contribution is -2.29. The number of aryl methyl sites for hydroxylation is 1. The molecule has 7 heteroatoms. The van der Waals surface area contributed by atoms with Crippen molar-refractivity contribution in [3.05, 3.63) is 72.2 Å². The van der Waals surface area contributed by atoms with Gasteiger partial charge in [-0.1, -0.05) is 12.1 Å². The van der Waals surface area contributed by atoms with Crippen LogP contribution < -0.4 is 10.2 Å². The number of carbonyl (C=O) groups excluding carboxylic acids is 1. The number of likely N-dealkylation sites (N-methyl/N-ethyl adjacent to an activating group) is 1. The molecule has 0 aliphatic carbocycles. The van der Waals surface area contributed by atoms with Gasteiger partial charge in [0.25, 0.3) is 0 Å². The molecule has 3 aromatic heterocycles. The molecule has 3 aromatic rings. The molecule has 0 saturated heterocycles. The fourth-order valence-corrected chi connectivity index (χ4v) is 2.82. The maximum absolute atomic E-state index is 12.2. The molecule has 140 valence electrons. The van der Waals surface area contributed by atoms with Crippen LogP contribution in [0.3, 0.4) is 0 Å². The fraction of sp³-hybridized carbons (Fsp3) is 0.300. The molecule has 27 heavy (non-hydrogen) atoms. The third-order valence-electron chi connectivity index (χ3n) is 4.37. The first-order chi connectivity index (χ1) is 13.1. The Morgan fingerprint density at radius 1 is 1.11 bits per heavy atom. The Labute approximate surface area is 159 Å². The summed E-state index contributed by atoms with van der Waals surface area (Å²) in [4.78, 5) is 27.3. The highest BCUT2D eigenvalue weighted by molar-refractivity contribution is 5.76. The molecular weight excluding hydrogens is 340 g/mol. The number of rotatable bonds is 8. The Balaban J connectivity index is 1.58. The van der Waals surface area contributed by atoms with Gasteiger partial charge in [-0.25, -0.2) is 9.97 Å². The maximum Gasteiger partial charge on any atom is 0.240 e. The highest BCUT2D eigenvalue weighted by Crippen LogP contribution is 2.16. The normalized spacial score (nSPS) is 10.6. The van der Waals surface area contributed by atoms with Gasteiger partial charge in [-0.2, -0.15) is 0 Å². The molecule has 1 amide bonds. The zero-order valence-corrected chi connectivity index (χ0v) is 15.7. The van der Waals surface area contributed by atoms with Gasteiger partial charge >= 0.3 is 0 Å². The SMILES string of the molecule is Cc1nccn1CC(=O)NCc1cccnc1N(C)CCc1ccccn1. The average molecular weight is 364 g/mol. The van der Waals surface area contributed by atoms with Gasteiger partial charge in [0.05, 0.1) is 0 Å². The summed E-state index contributed by atoms with van der Waals surface area (Å²) < 4.78 is 1.82. The van der Waals surface area contributed by atoms with Crippen molar-refractivity contribution in [3.63, 3.8) is 0 Å². The number of amides is 1. The quantitative estimate of drug-likeness (QED) is 0.661. The first-order valence-corrected chi connectivity index (χ1v) is 8.93. The molecule has 0 spiro atoms. The lowest BCUT2D eigenvalue weighted by Gasteiger charge is -2.21. The highest BCUT2D eigenvalue weighted by Gasteiger charge is 2.11. The molecule has 1 N–H and O–H groups in total. The lowest BCUT2D eigenvalue weighted by molar-refractivity contribution is -0.121. The Kier molecular flexibility index (Phi) is 6.14. The number of hydrogen-bond acceptors (Lipinski definition) is 5. The number of nitrogens with one attached hydrogen (secondary N) is 1. The zero-order valence-electron chi connectivity index (χ0n) is 15.7. The highest BCUT2D eigenvalue weighted by atomic mass is 16.1. The summed E-state index contributed by atoms with van der Waals surface area (Å²) in [5, 5.41) is 2.97. The smallest absolute Gasteiger partial charge is 0.240 e. The minimum Gasteiger partial charge on any atom is -0.359 e. The molecule has 0 atom stereocenters. The molecule has 3 heterocycles. The number of nitrogens with zero attached hydrogens (tertiary/aromatic N) is 5. The van der Waals surface area contributed by atoms with E-state index in [-0.39, 0.29) is 12.5 Å². The topological polar surface area (TPSA) is 75.9 Å². The molecule has 0 unspecified atom stereocenters. The van der Waals surface area contributed by atoms with E-state index in [1.807, 2.05) is 48.9 Å². The fourth-order valence-electron chi connectivity index (χ4n) is 2.82. The number of hydrogen-bond donors (Lipinski definition) is 1. The summed E-state index contributed by atoms with van der Waals surface area (Å²) in [6, 6.07) is 9.80. The molecular formula is C20H24N6O. The van der Waals surface area contributed by atoms with Crippen molar-refractivity contribution >= 4 is 11.7 Å². The van der Waals surface area contributed by atoms with Crippen LogP contribution in [0.2, 0.25) is 0 Å². The first kappa shape index (κ1) is 18.6. The zero-order chi connectivity index (χ0) is 19.1. The van der Waals surface area contributed by atoms with Gasteiger partial charge in [0, 0.05) is 62.6 Å². The molecule has 0 fully saturated rings. The Bertz CT molecular complexity index is 877. The number of imidazole rings is 1. The van der Waals surface area contributed by atoms with Crippen LogP contribution in [0.5, 0.6) is 0 Å². The van der Waals surface area contributed by atoms with E-state index in [9.17, 15) is 4.79 Å². The van der Waals surface area contributed by atoms with Crippen molar-refractivity contribution in [1.29, 1.82) is 0 Å². The van der Waals surface area contributed by atoms with Crippen LogP contribution in [0.4, 0.5) is 5.82 Å². The van der Waals surface area contributed by atoms with Crippen molar-refractivity contribution in [2.24, 2.45) is 0 Å². The van der Waals surface area contributed by atoms with E-state index in [0.29, 0.717) is 6.54 Å². The minimum absolute atomic E-state index is 0.0537. The van der Waals surface area contributed by atoms with Crippen molar-refractivity contribution in [1.82, 2.24) is 24.8 Å². The Hall–Kier alpha value is -3.22. The van der Waals surface area contributed by atoms with Crippen LogP contribution in [0.1, 0.15) is 17.1 Å². The monoisotopic (exact) mass is 364 g/mol. The number of pyridine rings is 2. The van der Waals surface area contributed by atoms with Crippen LogP contribution in [0, 0.1) is 6.92 Å². The van der Waals surface area contributed by atoms with Crippen molar-refractivity contribution < 1.29 is 4.79 Å². The maximum atomic E-state index is 12.2. The van der Waals surface area contributed by atoms with Crippen LogP contribution in [0.15, 0.2) is 55.1 Å². The van der Waals surface area contributed by atoms with Gasteiger partial charge in [-0.15, -0.1) is 0 Å². The molecule has 3 rings (SSSR count). The first-order valence-electron chi connectivity index (χ1n) is 8.93. The van der Waals surface area contributed by atoms with Gasteiger partial charge in [0.2, 0.25) is 5.91 Å². The predicted octanol–water partition coefficient (Wildman–Crippen LogP) is 1.98. The molecule has 0 radical (unpaired) electrons. The third kappa shape index (κ3) is 5.13. The molecule has 0 saturated carbocycles. The van der Waals surface area contributed by atoms with E-state index in [2.05, 4.69) is 25.2 Å². The van der Waals surface area contributed by atoms with Gasteiger partial charge in [-0.05, 0) is 25.1 Å². The largest absolute Gasteiger partial charge is 0.359 e. The molecule has 0 aliphatic heterocycles. The van der Waals surface area contributed by atoms with Crippen LogP contribution in [-0.2, 0) is 24.3 Å². The summed E-state index contributed by atoms with van der Waals surface area (Å²) in [7, 11) is 2.01. The molecule has 0 bridgehead atoms. The molecule has 0 aliphatic rings. The summed E-state index contributed by atoms with van der Waals surface area (Å²) in [5.41, 5.74) is 2.03. The summed E-state index contributed by atoms with van der Waals surface area (Å²) in [6.07, 6.45) is 7.90. The number of aromatic nitrogens is 4. The third-order valence-corrected chi connectivity index (χ3v) is 4.37. The second kappa shape index (κ2) is 8.93. The van der Waals surface area contributed by atoms with Crippen LogP contribution >= 0.6 is 0 Å². The lowest BCUT2D eigenvalue weighted by atomic mass is 10.2. The second-order valence-corrected chi connectivity index (χ2v) is 6.36. The van der Waals surface area contributed by atoms with Crippen LogP contribution in [-0.4, -0.2) is 39.0 Å². The van der Waals surface area contributed by atoms with E-state index in [1.54, 1.807) is 24.8 Å². The Morgan fingerprint density at radius 3 is 2.70 bits per heavy atom. The van der Waals surface area contributed by atoms with E-state index in [0.717, 1.165) is 35.9 Å². The van der Waals surface area contributed by atoms with Crippen molar-refractivity contribution in [3.8, 4) is 0 Å². The van der Waals surface area contributed by atoms with E-state index in [1.165, 1.54) is 0 Å². The van der Waals surface area contributed by atoms with E-state index in [4.69, 9.17) is 0 Å². The van der Waals surface area contributed by atoms with E-state index >= 15 is 0 Å². The summed E-state index contributed by atoms with van der Waals surface area (Å²) >= 11 is 0.